The first-order valence-electron chi connectivity index (χ1n) is 10.6. The normalized spacial score (nSPS) is 19.5. The molecule has 0 bridgehead atoms. The van der Waals surface area contributed by atoms with Crippen LogP contribution in [0.3, 0.4) is 0 Å². The largest absolute Gasteiger partial charge is 0.497 e. The van der Waals surface area contributed by atoms with E-state index in [0.29, 0.717) is 11.5 Å². The van der Waals surface area contributed by atoms with Crippen LogP contribution in [-0.2, 0) is 4.79 Å². The summed E-state index contributed by atoms with van der Waals surface area (Å²) < 4.78 is 10.8. The van der Waals surface area contributed by atoms with Crippen LogP contribution in [0.4, 0.5) is 5.69 Å². The molecule has 0 radical (unpaired) electrons. The average Bonchev–Trinajstić information content (AvgIpc) is 3.37. The molecule has 31 heavy (non-hydrogen) atoms. The lowest BCUT2D eigenvalue weighted by molar-refractivity contribution is -0.135. The van der Waals surface area contributed by atoms with Gasteiger partial charge in [0.15, 0.2) is 0 Å². The predicted octanol–water partition coefficient (Wildman–Crippen LogP) is 4.05. The van der Waals surface area contributed by atoms with Crippen molar-refractivity contribution in [2.45, 2.75) is 37.8 Å². The maximum Gasteiger partial charge on any atom is 0.249 e. The Morgan fingerprint density at radius 2 is 2.00 bits per heavy atom. The first kappa shape index (κ1) is 21.5. The highest BCUT2D eigenvalue weighted by atomic mass is 32.2. The lowest BCUT2D eigenvalue weighted by Crippen LogP contribution is -2.47. The van der Waals surface area contributed by atoms with E-state index in [-0.39, 0.29) is 11.9 Å². The molecule has 2 unspecified atom stereocenters. The number of anilines is 1. The van der Waals surface area contributed by atoms with Crippen molar-refractivity contribution in [3.8, 4) is 11.5 Å². The number of piperidine rings is 1. The summed E-state index contributed by atoms with van der Waals surface area (Å²) in [4.78, 5) is 24.6. The highest BCUT2D eigenvalue weighted by molar-refractivity contribution is 8.02. The Bertz CT molecular complexity index is 915. The average molecular weight is 441 g/mol. The van der Waals surface area contributed by atoms with Crippen LogP contribution >= 0.6 is 11.8 Å². The first-order chi connectivity index (χ1) is 15.2. The highest BCUT2D eigenvalue weighted by Crippen LogP contribution is 2.34. The minimum atomic E-state index is -0.441. The van der Waals surface area contributed by atoms with Gasteiger partial charge in [-0.05, 0) is 36.7 Å². The molecule has 0 spiro atoms. The summed E-state index contributed by atoms with van der Waals surface area (Å²) in [5.41, 5.74) is 2.76. The van der Waals surface area contributed by atoms with Crippen LogP contribution in [-0.4, -0.2) is 53.3 Å². The van der Waals surface area contributed by atoms with Crippen LogP contribution in [0.5, 0.6) is 11.5 Å². The number of nitrogens with one attached hydrogen (secondary N) is 1. The molecule has 1 amide bonds. The maximum absolute atomic E-state index is 13.9. The lowest BCUT2D eigenvalue weighted by atomic mass is 9.96. The number of hydrogen-bond acceptors (Lipinski definition) is 7. The minimum absolute atomic E-state index is 0.0475. The number of amides is 1. The van der Waals surface area contributed by atoms with Gasteiger partial charge in [0.1, 0.15) is 17.5 Å². The summed E-state index contributed by atoms with van der Waals surface area (Å²) in [5.74, 6) is 2.43. The second kappa shape index (κ2) is 10.0. The van der Waals surface area contributed by atoms with E-state index >= 15 is 0 Å². The Kier molecular flexibility index (Phi) is 6.96. The third-order valence-electron chi connectivity index (χ3n) is 5.73. The third-order valence-corrected chi connectivity index (χ3v) is 6.64. The van der Waals surface area contributed by atoms with Gasteiger partial charge in [-0.15, -0.1) is 11.8 Å². The second-order valence-electron chi connectivity index (χ2n) is 7.67. The van der Waals surface area contributed by atoms with Crippen LogP contribution in [0.1, 0.15) is 37.4 Å². The van der Waals surface area contributed by atoms with E-state index in [1.807, 2.05) is 23.1 Å². The third kappa shape index (κ3) is 4.95. The number of ether oxygens (including phenoxy) is 2. The fraction of sp³-hybridized carbons (Fsp3) is 0.435. The smallest absolute Gasteiger partial charge is 0.249 e. The quantitative estimate of drug-likeness (QED) is 0.696. The van der Waals surface area contributed by atoms with Crippen LogP contribution in [0.2, 0.25) is 0 Å². The molecule has 2 atom stereocenters. The van der Waals surface area contributed by atoms with Crippen molar-refractivity contribution < 1.29 is 14.3 Å². The Morgan fingerprint density at radius 3 is 2.65 bits per heavy atom. The molecule has 1 aromatic carbocycles. The van der Waals surface area contributed by atoms with Crippen molar-refractivity contribution in [1.29, 1.82) is 0 Å². The highest BCUT2D eigenvalue weighted by Gasteiger charge is 2.35. The summed E-state index contributed by atoms with van der Waals surface area (Å²) in [7, 11) is 3.24. The fourth-order valence-corrected chi connectivity index (χ4v) is 5.08. The molecule has 7 nitrogen and oxygen atoms in total. The molecule has 4 rings (SSSR count). The Balaban J connectivity index is 1.64. The van der Waals surface area contributed by atoms with E-state index in [1.54, 1.807) is 44.6 Å². The number of carbonyl (C=O) groups excluding carboxylic acids is 1. The van der Waals surface area contributed by atoms with Gasteiger partial charge in [0, 0.05) is 48.6 Å². The van der Waals surface area contributed by atoms with E-state index in [0.717, 1.165) is 54.9 Å². The van der Waals surface area contributed by atoms with Crippen molar-refractivity contribution in [1.82, 2.24) is 14.9 Å². The number of nitrogens with zero attached hydrogens (tertiary/aromatic N) is 3. The van der Waals surface area contributed by atoms with Crippen LogP contribution in [0, 0.1) is 0 Å². The monoisotopic (exact) mass is 440 g/mol. The van der Waals surface area contributed by atoms with Crippen molar-refractivity contribution in [2.75, 3.05) is 31.8 Å². The van der Waals surface area contributed by atoms with Gasteiger partial charge in [0.2, 0.25) is 5.91 Å². The summed E-state index contributed by atoms with van der Waals surface area (Å²) >= 11 is 1.75. The van der Waals surface area contributed by atoms with Gasteiger partial charge in [0.05, 0.1) is 32.2 Å². The van der Waals surface area contributed by atoms with Gasteiger partial charge < -0.3 is 19.7 Å². The lowest BCUT2D eigenvalue weighted by Gasteiger charge is -2.38. The molecule has 2 aliphatic rings. The Labute approximate surface area is 187 Å². The number of rotatable bonds is 7. The molecular formula is C23H28N4O3S. The molecule has 1 aromatic heterocycles. The van der Waals surface area contributed by atoms with Gasteiger partial charge in [-0.25, -0.2) is 0 Å². The van der Waals surface area contributed by atoms with E-state index in [2.05, 4.69) is 20.7 Å². The maximum atomic E-state index is 13.9. The molecular weight excluding hydrogens is 412 g/mol. The molecule has 1 saturated heterocycles. The van der Waals surface area contributed by atoms with Crippen LogP contribution < -0.4 is 14.8 Å². The fourth-order valence-electron chi connectivity index (χ4n) is 4.14. The number of aromatic nitrogens is 2. The molecule has 3 heterocycles. The predicted molar refractivity (Wildman–Crippen MR) is 122 cm³/mol. The molecule has 1 fully saturated rings. The first-order valence-corrected chi connectivity index (χ1v) is 11.6. The number of thioether (sulfide) groups is 1. The van der Waals surface area contributed by atoms with E-state index in [4.69, 9.17) is 9.47 Å². The molecule has 0 aliphatic carbocycles. The molecule has 1 N–H and O–H groups in total. The number of methoxy groups -OCH3 is 2. The van der Waals surface area contributed by atoms with Crippen LogP contribution in [0.15, 0.2) is 47.8 Å². The summed E-state index contributed by atoms with van der Waals surface area (Å²) in [6.45, 7) is 0.722. The van der Waals surface area contributed by atoms with Gasteiger partial charge in [-0.1, -0.05) is 0 Å². The minimum Gasteiger partial charge on any atom is -0.497 e. The summed E-state index contributed by atoms with van der Waals surface area (Å²) in [6, 6.07) is 5.11. The van der Waals surface area contributed by atoms with Gasteiger partial charge >= 0.3 is 0 Å². The molecule has 2 aliphatic heterocycles. The van der Waals surface area contributed by atoms with E-state index < -0.39 is 6.04 Å². The van der Waals surface area contributed by atoms with Crippen molar-refractivity contribution in [2.24, 2.45) is 0 Å². The van der Waals surface area contributed by atoms with E-state index in [9.17, 15) is 4.79 Å². The molecule has 8 heteroatoms. The second-order valence-corrected chi connectivity index (χ2v) is 8.64. The Hall–Kier alpha value is -2.74. The Morgan fingerprint density at radius 1 is 1.19 bits per heavy atom. The van der Waals surface area contributed by atoms with Crippen molar-refractivity contribution >= 4 is 23.4 Å². The SMILES string of the molecule is COc1cc(NC(C(=O)N2CCCCC2c2cnccn2)C2=CSCC2)cc(OC)c1. The van der Waals surface area contributed by atoms with Gasteiger partial charge in [-0.2, -0.15) is 0 Å². The van der Waals surface area contributed by atoms with E-state index in [1.165, 1.54) is 0 Å². The topological polar surface area (TPSA) is 76.6 Å². The van der Waals surface area contributed by atoms with Crippen molar-refractivity contribution in [3.63, 3.8) is 0 Å². The number of hydrogen-bond donors (Lipinski definition) is 1. The number of likely N-dealkylation sites (tertiary alicyclic amines) is 1. The molecule has 164 valence electrons. The van der Waals surface area contributed by atoms with Gasteiger partial charge in [0.25, 0.3) is 0 Å². The van der Waals surface area contributed by atoms with Crippen molar-refractivity contribution in [3.05, 3.63) is 53.5 Å². The van der Waals surface area contributed by atoms with Crippen LogP contribution in [0.25, 0.3) is 0 Å². The molecule has 0 saturated carbocycles. The molecule has 2 aromatic rings. The summed E-state index contributed by atoms with van der Waals surface area (Å²) in [6.07, 6.45) is 9.00. The standard InChI is InChI=1S/C23H28N4O3S/c1-29-18-11-17(12-19(13-18)30-2)26-22(16-6-10-31-15-16)23(28)27-9-4-3-5-21(27)20-14-24-7-8-25-20/h7-8,11-15,21-22,26H,3-6,9-10H2,1-2H3. The zero-order valence-corrected chi connectivity index (χ0v) is 18.7. The summed E-state index contributed by atoms with van der Waals surface area (Å²) in [5, 5.41) is 5.59. The number of benzene rings is 1. The van der Waals surface area contributed by atoms with Gasteiger partial charge in [-0.3, -0.25) is 14.8 Å². The zero-order chi connectivity index (χ0) is 21.6. The number of carbonyl (C=O) groups is 1. The zero-order valence-electron chi connectivity index (χ0n) is 17.9.